The van der Waals surface area contributed by atoms with Crippen LogP contribution >= 0.6 is 0 Å². The van der Waals surface area contributed by atoms with Crippen molar-refractivity contribution in [1.29, 1.82) is 0 Å². The van der Waals surface area contributed by atoms with Crippen molar-refractivity contribution in [3.05, 3.63) is 29.6 Å². The van der Waals surface area contributed by atoms with E-state index in [1.165, 1.54) is 6.92 Å². The van der Waals surface area contributed by atoms with Crippen LogP contribution in [-0.2, 0) is 9.53 Å². The van der Waals surface area contributed by atoms with E-state index < -0.39 is 35.1 Å². The minimum Gasteiger partial charge on any atom is -0.508 e. The van der Waals surface area contributed by atoms with Crippen LogP contribution in [0.15, 0.2) is 18.2 Å². The molecule has 0 saturated heterocycles. The summed E-state index contributed by atoms with van der Waals surface area (Å²) < 4.78 is 44.2. The van der Waals surface area contributed by atoms with E-state index in [0.29, 0.717) is 6.07 Å². The molecule has 7 heteroatoms. The van der Waals surface area contributed by atoms with Crippen molar-refractivity contribution >= 4 is 5.97 Å². The summed E-state index contributed by atoms with van der Waals surface area (Å²) in [6.07, 6.45) is 0. The quantitative estimate of drug-likeness (QED) is 0.811. The third-order valence-electron chi connectivity index (χ3n) is 2.26. The van der Waals surface area contributed by atoms with Crippen LogP contribution in [0.1, 0.15) is 18.5 Å². The fourth-order valence-electron chi connectivity index (χ4n) is 1.32. The summed E-state index contributed by atoms with van der Waals surface area (Å²) in [5.74, 6) is -7.34. The first-order chi connectivity index (χ1) is 8.30. The van der Waals surface area contributed by atoms with Gasteiger partial charge in [0.1, 0.15) is 17.6 Å². The number of esters is 1. The number of phenolic OH excluding ortho intramolecular Hbond substituents is 1. The molecule has 0 heterocycles. The van der Waals surface area contributed by atoms with E-state index in [1.54, 1.807) is 0 Å². The van der Waals surface area contributed by atoms with E-state index >= 15 is 0 Å². The lowest BCUT2D eigenvalue weighted by Crippen LogP contribution is -2.41. The third-order valence-corrected chi connectivity index (χ3v) is 2.26. The lowest BCUT2D eigenvalue weighted by Gasteiger charge is -2.22. The van der Waals surface area contributed by atoms with Gasteiger partial charge in [0, 0.05) is 5.56 Å². The molecular formula is C11H12F3NO3. The summed E-state index contributed by atoms with van der Waals surface area (Å²) >= 11 is 0. The highest BCUT2D eigenvalue weighted by Gasteiger charge is 2.48. The fourth-order valence-corrected chi connectivity index (χ4v) is 1.32. The summed E-state index contributed by atoms with van der Waals surface area (Å²) in [5.41, 5.74) is 4.63. The molecule has 100 valence electrons. The average Bonchev–Trinajstić information content (AvgIpc) is 2.31. The topological polar surface area (TPSA) is 72.5 Å². The number of aromatic hydroxyl groups is 1. The molecule has 0 radical (unpaired) electrons. The second kappa shape index (κ2) is 5.26. The van der Waals surface area contributed by atoms with E-state index in [0.717, 1.165) is 12.1 Å². The molecule has 0 bridgehead atoms. The van der Waals surface area contributed by atoms with Crippen molar-refractivity contribution in [1.82, 2.24) is 0 Å². The number of hydrogen-bond acceptors (Lipinski definition) is 4. The van der Waals surface area contributed by atoms with Crippen LogP contribution in [-0.4, -0.2) is 23.6 Å². The van der Waals surface area contributed by atoms with Gasteiger partial charge in [0.2, 0.25) is 0 Å². The lowest BCUT2D eigenvalue weighted by atomic mass is 10.0. The Morgan fingerprint density at radius 3 is 2.72 bits per heavy atom. The van der Waals surface area contributed by atoms with Gasteiger partial charge in [-0.05, 0) is 25.1 Å². The molecule has 18 heavy (non-hydrogen) atoms. The van der Waals surface area contributed by atoms with Crippen LogP contribution in [0.4, 0.5) is 13.2 Å². The number of halogens is 3. The number of hydrogen-bond donors (Lipinski definition) is 2. The number of nitrogens with two attached hydrogens (primary N) is 1. The van der Waals surface area contributed by atoms with E-state index in [4.69, 9.17) is 5.73 Å². The SMILES string of the molecule is CCOC(=O)C(F)(F)[C@H](N)c1cc(F)ccc1O. The van der Waals surface area contributed by atoms with Gasteiger partial charge >= 0.3 is 11.9 Å². The Hall–Kier alpha value is -1.76. The minimum atomic E-state index is -4.05. The third kappa shape index (κ3) is 2.73. The fraction of sp³-hybridized carbons (Fsp3) is 0.364. The molecule has 0 fully saturated rings. The maximum absolute atomic E-state index is 13.6. The molecule has 0 saturated carbocycles. The smallest absolute Gasteiger partial charge is 0.379 e. The Bertz CT molecular complexity index is 451. The van der Waals surface area contributed by atoms with E-state index in [-0.39, 0.29) is 6.61 Å². The highest BCUT2D eigenvalue weighted by atomic mass is 19.3. The minimum absolute atomic E-state index is 0.240. The van der Waals surface area contributed by atoms with Crippen LogP contribution in [0.5, 0.6) is 5.75 Å². The van der Waals surface area contributed by atoms with E-state index in [2.05, 4.69) is 4.74 Å². The Balaban J connectivity index is 3.08. The normalized spacial score (nSPS) is 13.2. The van der Waals surface area contributed by atoms with E-state index in [9.17, 15) is 23.1 Å². The molecule has 0 aliphatic heterocycles. The number of ether oxygens (including phenoxy) is 1. The number of carbonyl (C=O) groups excluding carboxylic acids is 1. The van der Waals surface area contributed by atoms with Gasteiger partial charge in [0.15, 0.2) is 0 Å². The van der Waals surface area contributed by atoms with Crippen LogP contribution in [0.3, 0.4) is 0 Å². The van der Waals surface area contributed by atoms with Gasteiger partial charge in [0.05, 0.1) is 6.61 Å². The van der Waals surface area contributed by atoms with Crippen molar-refractivity contribution in [3.63, 3.8) is 0 Å². The second-order valence-electron chi connectivity index (χ2n) is 3.52. The Morgan fingerprint density at radius 2 is 2.17 bits per heavy atom. The summed E-state index contributed by atoms with van der Waals surface area (Å²) in [4.78, 5) is 11.0. The molecular weight excluding hydrogens is 251 g/mol. The molecule has 0 spiro atoms. The molecule has 0 unspecified atom stereocenters. The zero-order chi connectivity index (χ0) is 13.9. The summed E-state index contributed by atoms with van der Waals surface area (Å²) in [6.45, 7) is 1.12. The molecule has 0 aliphatic rings. The molecule has 1 atom stereocenters. The van der Waals surface area contributed by atoms with Gasteiger partial charge in [0.25, 0.3) is 0 Å². The van der Waals surface area contributed by atoms with E-state index in [1.807, 2.05) is 0 Å². The summed E-state index contributed by atoms with van der Waals surface area (Å²) in [5, 5.41) is 9.35. The first-order valence-corrected chi connectivity index (χ1v) is 5.09. The number of rotatable bonds is 4. The molecule has 4 nitrogen and oxygen atoms in total. The first kappa shape index (κ1) is 14.3. The second-order valence-corrected chi connectivity index (χ2v) is 3.52. The Labute approximate surface area is 101 Å². The molecule has 0 amide bonds. The van der Waals surface area contributed by atoms with Crippen LogP contribution in [0.25, 0.3) is 0 Å². The van der Waals surface area contributed by atoms with Crippen LogP contribution in [0, 0.1) is 5.82 Å². The maximum Gasteiger partial charge on any atom is 0.379 e. The molecule has 1 aromatic carbocycles. The number of carbonyl (C=O) groups is 1. The highest BCUT2D eigenvalue weighted by Crippen LogP contribution is 2.35. The number of alkyl halides is 2. The predicted molar refractivity (Wildman–Crippen MR) is 56.6 cm³/mol. The zero-order valence-electron chi connectivity index (χ0n) is 9.49. The predicted octanol–water partition coefficient (Wildman–Crippen LogP) is 1.73. The van der Waals surface area contributed by atoms with Crippen molar-refractivity contribution in [2.24, 2.45) is 5.73 Å². The van der Waals surface area contributed by atoms with Crippen molar-refractivity contribution < 1.29 is 27.8 Å². The Morgan fingerprint density at radius 1 is 1.56 bits per heavy atom. The van der Waals surface area contributed by atoms with Crippen molar-refractivity contribution in [2.45, 2.75) is 18.9 Å². The maximum atomic E-state index is 13.6. The standard InChI is InChI=1S/C11H12F3NO3/c1-2-18-10(17)11(13,14)9(15)7-5-6(12)3-4-8(7)16/h3-5,9,16H,2,15H2,1H3/t9-/m1/s1. The highest BCUT2D eigenvalue weighted by molar-refractivity contribution is 5.79. The van der Waals surface area contributed by atoms with Gasteiger partial charge < -0.3 is 15.6 Å². The molecule has 1 rings (SSSR count). The van der Waals surface area contributed by atoms with Gasteiger partial charge in [-0.15, -0.1) is 0 Å². The van der Waals surface area contributed by atoms with Gasteiger partial charge in [-0.3, -0.25) is 0 Å². The number of benzene rings is 1. The van der Waals surface area contributed by atoms with Gasteiger partial charge in [-0.1, -0.05) is 0 Å². The van der Waals surface area contributed by atoms with Crippen molar-refractivity contribution in [2.75, 3.05) is 6.61 Å². The molecule has 1 aromatic rings. The molecule has 3 N–H and O–H groups in total. The number of phenols is 1. The van der Waals surface area contributed by atoms with Crippen molar-refractivity contribution in [3.8, 4) is 5.75 Å². The van der Waals surface area contributed by atoms with Crippen LogP contribution in [0.2, 0.25) is 0 Å². The monoisotopic (exact) mass is 263 g/mol. The largest absolute Gasteiger partial charge is 0.508 e. The Kier molecular flexibility index (Phi) is 4.18. The summed E-state index contributed by atoms with van der Waals surface area (Å²) in [6, 6.07) is 0.222. The van der Waals surface area contributed by atoms with Crippen LogP contribution < -0.4 is 5.73 Å². The summed E-state index contributed by atoms with van der Waals surface area (Å²) in [7, 11) is 0. The van der Waals surface area contributed by atoms with Gasteiger partial charge in [-0.2, -0.15) is 8.78 Å². The average molecular weight is 263 g/mol. The zero-order valence-corrected chi connectivity index (χ0v) is 9.49. The molecule has 0 aromatic heterocycles. The van der Waals surface area contributed by atoms with Gasteiger partial charge in [-0.25, -0.2) is 9.18 Å². The first-order valence-electron chi connectivity index (χ1n) is 5.09. The molecule has 0 aliphatic carbocycles. The lowest BCUT2D eigenvalue weighted by molar-refractivity contribution is -0.174.